The van der Waals surface area contributed by atoms with Crippen LogP contribution in [0.25, 0.3) is 0 Å². The molecular formula is C15H20N2O3S. The van der Waals surface area contributed by atoms with Gasteiger partial charge in [0, 0.05) is 12.5 Å². The van der Waals surface area contributed by atoms with Gasteiger partial charge in [-0.15, -0.1) is 11.3 Å². The van der Waals surface area contributed by atoms with E-state index in [-0.39, 0.29) is 31.0 Å². The predicted molar refractivity (Wildman–Crippen MR) is 83.2 cm³/mol. The van der Waals surface area contributed by atoms with Crippen molar-refractivity contribution in [2.75, 3.05) is 13.2 Å². The number of hydrogen-bond donors (Lipinski definition) is 3. The number of nitrogens with one attached hydrogen (secondary N) is 2. The Balaban J connectivity index is 2.61. The van der Waals surface area contributed by atoms with E-state index in [1.165, 1.54) is 11.3 Å². The summed E-state index contributed by atoms with van der Waals surface area (Å²) in [6.45, 7) is 5.58. The van der Waals surface area contributed by atoms with Crippen LogP contribution in [0.1, 0.15) is 40.4 Å². The Labute approximate surface area is 128 Å². The molecule has 0 aliphatic heterocycles. The lowest BCUT2D eigenvalue weighted by Gasteiger charge is -2.08. The number of thiophene rings is 1. The molecule has 1 aromatic rings. The third kappa shape index (κ3) is 5.98. The molecule has 0 fully saturated rings. The molecule has 0 saturated carbocycles. The first kappa shape index (κ1) is 17.2. The van der Waals surface area contributed by atoms with Crippen LogP contribution in [0.5, 0.6) is 0 Å². The molecule has 6 heteroatoms. The van der Waals surface area contributed by atoms with Crippen molar-refractivity contribution in [3.8, 4) is 11.8 Å². The minimum Gasteiger partial charge on any atom is -0.395 e. The number of aliphatic hydroxyl groups is 1. The van der Waals surface area contributed by atoms with Crippen molar-refractivity contribution in [3.05, 3.63) is 21.4 Å². The molecule has 0 unspecified atom stereocenters. The summed E-state index contributed by atoms with van der Waals surface area (Å²) in [7, 11) is 0. The maximum absolute atomic E-state index is 12.0. The number of carbonyl (C=O) groups excluding carboxylic acids is 2. The van der Waals surface area contributed by atoms with Crippen LogP contribution in [0.3, 0.4) is 0 Å². The second kappa shape index (κ2) is 8.45. The lowest BCUT2D eigenvalue weighted by molar-refractivity contribution is -0.120. The molecule has 3 N–H and O–H groups in total. The zero-order valence-corrected chi connectivity index (χ0v) is 13.3. The molecule has 1 rings (SSSR count). The predicted octanol–water partition coefficient (Wildman–Crippen LogP) is 1.04. The van der Waals surface area contributed by atoms with Crippen molar-refractivity contribution < 1.29 is 14.7 Å². The zero-order chi connectivity index (χ0) is 15.8. The fraction of sp³-hybridized carbons (Fsp3) is 0.467. The van der Waals surface area contributed by atoms with Gasteiger partial charge in [-0.05, 0) is 32.4 Å². The number of aliphatic hydroxyl groups excluding tert-OH is 1. The van der Waals surface area contributed by atoms with E-state index in [1.54, 1.807) is 6.07 Å². The Morgan fingerprint density at radius 1 is 1.43 bits per heavy atom. The van der Waals surface area contributed by atoms with Gasteiger partial charge in [0.15, 0.2) is 0 Å². The van der Waals surface area contributed by atoms with E-state index in [2.05, 4.69) is 22.5 Å². The molecule has 0 spiro atoms. The van der Waals surface area contributed by atoms with Crippen LogP contribution in [0, 0.1) is 18.8 Å². The van der Waals surface area contributed by atoms with Gasteiger partial charge in [-0.3, -0.25) is 9.59 Å². The first-order chi connectivity index (χ1) is 9.93. The fourth-order valence-electron chi connectivity index (χ4n) is 1.54. The number of amides is 2. The van der Waals surface area contributed by atoms with E-state index < -0.39 is 0 Å². The molecule has 0 aliphatic rings. The van der Waals surface area contributed by atoms with Crippen LogP contribution >= 0.6 is 11.3 Å². The van der Waals surface area contributed by atoms with Crippen LogP contribution in [-0.2, 0) is 4.79 Å². The van der Waals surface area contributed by atoms with Gasteiger partial charge in [0.05, 0.1) is 22.9 Å². The van der Waals surface area contributed by atoms with Gasteiger partial charge in [0.25, 0.3) is 5.91 Å². The summed E-state index contributed by atoms with van der Waals surface area (Å²) < 4.78 is 0. The fourth-order valence-corrected chi connectivity index (χ4v) is 2.50. The molecule has 0 aliphatic carbocycles. The molecular weight excluding hydrogens is 288 g/mol. The van der Waals surface area contributed by atoms with Crippen molar-refractivity contribution in [2.24, 2.45) is 0 Å². The molecule has 0 aromatic carbocycles. The molecule has 0 saturated heterocycles. The summed E-state index contributed by atoms with van der Waals surface area (Å²) in [4.78, 5) is 24.8. The summed E-state index contributed by atoms with van der Waals surface area (Å²) in [5.74, 6) is 5.27. The summed E-state index contributed by atoms with van der Waals surface area (Å²) >= 11 is 1.28. The van der Waals surface area contributed by atoms with Crippen molar-refractivity contribution in [3.63, 3.8) is 0 Å². The van der Waals surface area contributed by atoms with E-state index in [9.17, 15) is 9.59 Å². The van der Waals surface area contributed by atoms with Crippen molar-refractivity contribution >= 4 is 23.2 Å². The molecule has 1 aromatic heterocycles. The van der Waals surface area contributed by atoms with Gasteiger partial charge in [-0.1, -0.05) is 11.8 Å². The average Bonchev–Trinajstić information content (AvgIpc) is 2.77. The van der Waals surface area contributed by atoms with Crippen LogP contribution in [0.4, 0.5) is 0 Å². The number of carbonyl (C=O) groups is 2. The Morgan fingerprint density at radius 3 is 2.76 bits per heavy atom. The highest BCUT2D eigenvalue weighted by Gasteiger charge is 2.12. The SMILES string of the molecule is Cc1cc(C(=O)NCC(=O)NC(C)C)sc1C#CCCO. The van der Waals surface area contributed by atoms with Crippen molar-refractivity contribution in [2.45, 2.75) is 33.2 Å². The summed E-state index contributed by atoms with van der Waals surface area (Å²) in [6, 6.07) is 1.80. The first-order valence-corrected chi connectivity index (χ1v) is 7.53. The zero-order valence-electron chi connectivity index (χ0n) is 12.4. The molecule has 0 atom stereocenters. The molecule has 21 heavy (non-hydrogen) atoms. The molecule has 2 amide bonds. The van der Waals surface area contributed by atoms with E-state index in [4.69, 9.17) is 5.11 Å². The maximum Gasteiger partial charge on any atom is 0.261 e. The van der Waals surface area contributed by atoms with Crippen LogP contribution in [0.2, 0.25) is 0 Å². The van der Waals surface area contributed by atoms with Crippen molar-refractivity contribution in [1.82, 2.24) is 10.6 Å². The minimum absolute atomic E-state index is 0.0235. The highest BCUT2D eigenvalue weighted by atomic mass is 32.1. The normalized spacial score (nSPS) is 9.95. The third-order valence-electron chi connectivity index (χ3n) is 2.44. The van der Waals surface area contributed by atoms with E-state index >= 15 is 0 Å². The number of rotatable bonds is 5. The molecule has 1 heterocycles. The van der Waals surface area contributed by atoms with E-state index in [1.807, 2.05) is 20.8 Å². The van der Waals surface area contributed by atoms with Crippen molar-refractivity contribution in [1.29, 1.82) is 0 Å². The Morgan fingerprint density at radius 2 is 2.14 bits per heavy atom. The van der Waals surface area contributed by atoms with E-state index in [0.717, 1.165) is 10.4 Å². The summed E-state index contributed by atoms with van der Waals surface area (Å²) in [5, 5.41) is 14.0. The smallest absolute Gasteiger partial charge is 0.261 e. The summed E-state index contributed by atoms with van der Waals surface area (Å²) in [5.41, 5.74) is 0.919. The first-order valence-electron chi connectivity index (χ1n) is 6.71. The van der Waals surface area contributed by atoms with Gasteiger partial charge in [-0.25, -0.2) is 0 Å². The molecule has 0 radical (unpaired) electrons. The van der Waals surface area contributed by atoms with Gasteiger partial charge in [0.1, 0.15) is 0 Å². The summed E-state index contributed by atoms with van der Waals surface area (Å²) in [6.07, 6.45) is 0.411. The largest absolute Gasteiger partial charge is 0.395 e. The Hall–Kier alpha value is -1.84. The molecule has 0 bridgehead atoms. The van der Waals surface area contributed by atoms with Gasteiger partial charge < -0.3 is 15.7 Å². The van der Waals surface area contributed by atoms with E-state index in [0.29, 0.717) is 11.3 Å². The molecule has 114 valence electrons. The monoisotopic (exact) mass is 308 g/mol. The highest BCUT2D eigenvalue weighted by Crippen LogP contribution is 2.20. The van der Waals surface area contributed by atoms with Crippen LogP contribution < -0.4 is 10.6 Å². The highest BCUT2D eigenvalue weighted by molar-refractivity contribution is 7.14. The van der Waals surface area contributed by atoms with Gasteiger partial charge in [-0.2, -0.15) is 0 Å². The topological polar surface area (TPSA) is 78.4 Å². The lowest BCUT2D eigenvalue weighted by atomic mass is 10.2. The van der Waals surface area contributed by atoms with Crippen LogP contribution in [-0.4, -0.2) is 36.1 Å². The average molecular weight is 308 g/mol. The quantitative estimate of drug-likeness (QED) is 0.711. The standard InChI is InChI=1S/C15H20N2O3S/c1-10(2)17-14(19)9-16-15(20)13-8-11(3)12(21-13)6-4-5-7-18/h8,10,18H,5,7,9H2,1-3H3,(H,16,20)(H,17,19). The Bertz CT molecular complexity index is 567. The number of hydrogen-bond acceptors (Lipinski definition) is 4. The maximum atomic E-state index is 12.0. The number of aryl methyl sites for hydroxylation is 1. The Kier molecular flexibility index (Phi) is 6.92. The van der Waals surface area contributed by atoms with Crippen LogP contribution in [0.15, 0.2) is 6.07 Å². The van der Waals surface area contributed by atoms with Gasteiger partial charge >= 0.3 is 0 Å². The minimum atomic E-state index is -0.280. The lowest BCUT2D eigenvalue weighted by Crippen LogP contribution is -2.39. The second-order valence-corrected chi connectivity index (χ2v) is 5.86. The van der Waals surface area contributed by atoms with Gasteiger partial charge in [0.2, 0.25) is 5.91 Å². The third-order valence-corrected chi connectivity index (χ3v) is 3.59. The molecule has 5 nitrogen and oxygen atoms in total. The second-order valence-electron chi connectivity index (χ2n) is 4.80.